The molecule has 0 aliphatic heterocycles. The van der Waals surface area contributed by atoms with Gasteiger partial charge in [0.2, 0.25) is 0 Å². The van der Waals surface area contributed by atoms with Gasteiger partial charge in [0.05, 0.1) is 0 Å². The lowest BCUT2D eigenvalue weighted by Gasteiger charge is -2.29. The van der Waals surface area contributed by atoms with E-state index in [0.717, 1.165) is 5.56 Å². The van der Waals surface area contributed by atoms with Gasteiger partial charge >= 0.3 is 0 Å². The van der Waals surface area contributed by atoms with Gasteiger partial charge in [0.1, 0.15) is 0 Å². The molecule has 0 aliphatic rings. The van der Waals surface area contributed by atoms with Gasteiger partial charge in [0, 0.05) is 6.16 Å². The molecule has 12 heavy (non-hydrogen) atoms. The molecule has 1 aromatic rings. The van der Waals surface area contributed by atoms with E-state index in [-0.39, 0.29) is 0 Å². The highest BCUT2D eigenvalue weighted by Gasteiger charge is 1.95. The van der Waals surface area contributed by atoms with Crippen LogP contribution in [-0.2, 0) is 10.7 Å². The van der Waals surface area contributed by atoms with Gasteiger partial charge in [0.15, 0.2) is 0 Å². The second kappa shape index (κ2) is 3.40. The van der Waals surface area contributed by atoms with Gasteiger partial charge in [0.25, 0.3) is 0 Å². The Morgan fingerprint density at radius 3 is 2.58 bits per heavy atom. The Balaban J connectivity index is 2.84. The third kappa shape index (κ3) is 3.18. The standard InChI is InChI=1S/C8H11O3P/c1-7-3-2-4-8(5-7)6-12(9,10)11/h2-5H,6H2,1H3,(H2,9,10,11)/p-2. The highest BCUT2D eigenvalue weighted by molar-refractivity contribution is 7.47. The Labute approximate surface area is 71.2 Å². The second-order valence-electron chi connectivity index (χ2n) is 2.76. The molecule has 0 bridgehead atoms. The van der Waals surface area contributed by atoms with Crippen LogP contribution in [0.3, 0.4) is 0 Å². The van der Waals surface area contributed by atoms with E-state index in [1.54, 1.807) is 18.2 Å². The molecule has 0 aromatic heterocycles. The first-order chi connectivity index (χ1) is 5.47. The average Bonchev–Trinajstić information content (AvgIpc) is 1.82. The molecule has 3 nitrogen and oxygen atoms in total. The van der Waals surface area contributed by atoms with Gasteiger partial charge in [-0.3, -0.25) is 0 Å². The third-order valence-corrected chi connectivity index (χ3v) is 2.21. The van der Waals surface area contributed by atoms with E-state index < -0.39 is 13.8 Å². The van der Waals surface area contributed by atoms with Crippen LogP contribution in [0.5, 0.6) is 0 Å². The minimum atomic E-state index is -4.41. The molecule has 0 aliphatic carbocycles. The van der Waals surface area contributed by atoms with Gasteiger partial charge < -0.3 is 14.4 Å². The Bertz CT molecular complexity index is 316. The molecule has 66 valence electrons. The summed E-state index contributed by atoms with van der Waals surface area (Å²) < 4.78 is 10.4. The minimum absolute atomic E-state index is 0.394. The van der Waals surface area contributed by atoms with Crippen molar-refractivity contribution in [2.24, 2.45) is 0 Å². The zero-order valence-electron chi connectivity index (χ0n) is 6.69. The molecule has 0 fully saturated rings. The van der Waals surface area contributed by atoms with E-state index in [1.165, 1.54) is 0 Å². The quantitative estimate of drug-likeness (QED) is 0.625. The third-order valence-electron chi connectivity index (χ3n) is 1.46. The van der Waals surface area contributed by atoms with Gasteiger partial charge in [-0.05, 0) is 12.5 Å². The van der Waals surface area contributed by atoms with E-state index in [0.29, 0.717) is 5.56 Å². The van der Waals surface area contributed by atoms with Crippen molar-refractivity contribution in [3.8, 4) is 0 Å². The Kier molecular flexibility index (Phi) is 2.68. The van der Waals surface area contributed by atoms with Crippen LogP contribution in [0.15, 0.2) is 24.3 Å². The van der Waals surface area contributed by atoms with Crippen LogP contribution in [-0.4, -0.2) is 0 Å². The summed E-state index contributed by atoms with van der Waals surface area (Å²) in [6.45, 7) is 1.85. The predicted molar refractivity (Wildman–Crippen MR) is 42.5 cm³/mol. The highest BCUT2D eigenvalue weighted by atomic mass is 31.2. The highest BCUT2D eigenvalue weighted by Crippen LogP contribution is 2.29. The molecule has 1 rings (SSSR count). The number of rotatable bonds is 2. The fourth-order valence-corrected chi connectivity index (χ4v) is 1.68. The fraction of sp³-hybridized carbons (Fsp3) is 0.250. The average molecular weight is 184 g/mol. The van der Waals surface area contributed by atoms with Crippen molar-refractivity contribution in [2.45, 2.75) is 13.1 Å². The summed E-state index contributed by atoms with van der Waals surface area (Å²) in [7, 11) is -4.41. The van der Waals surface area contributed by atoms with E-state index in [2.05, 4.69) is 0 Å². The number of hydrogen-bond donors (Lipinski definition) is 0. The van der Waals surface area contributed by atoms with Crippen LogP contribution in [0, 0.1) is 6.92 Å². The number of hydrogen-bond acceptors (Lipinski definition) is 3. The molecule has 0 saturated heterocycles. The van der Waals surface area contributed by atoms with Crippen LogP contribution in [0.25, 0.3) is 0 Å². The lowest BCUT2D eigenvalue weighted by Crippen LogP contribution is -2.15. The first-order valence-electron chi connectivity index (χ1n) is 3.54. The van der Waals surface area contributed by atoms with Crippen LogP contribution in [0.4, 0.5) is 0 Å². The van der Waals surface area contributed by atoms with E-state index in [9.17, 15) is 14.4 Å². The summed E-state index contributed by atoms with van der Waals surface area (Å²) >= 11 is 0. The smallest absolute Gasteiger partial charge is 0.000231 e. The number of benzene rings is 1. The SMILES string of the molecule is Cc1cccc(CP(=O)([O-])[O-])c1. The topological polar surface area (TPSA) is 63.2 Å². The molecule has 0 atom stereocenters. The van der Waals surface area contributed by atoms with E-state index in [1.807, 2.05) is 13.0 Å². The van der Waals surface area contributed by atoms with E-state index >= 15 is 0 Å². The van der Waals surface area contributed by atoms with Crippen molar-refractivity contribution in [3.05, 3.63) is 35.4 Å². The summed E-state index contributed by atoms with van der Waals surface area (Å²) in [5.74, 6) is 0. The Morgan fingerprint density at radius 1 is 1.42 bits per heavy atom. The van der Waals surface area contributed by atoms with Crippen LogP contribution in [0.1, 0.15) is 11.1 Å². The van der Waals surface area contributed by atoms with Crippen molar-refractivity contribution in [3.63, 3.8) is 0 Å². The maximum absolute atomic E-state index is 10.4. The Hall–Kier alpha value is -0.630. The van der Waals surface area contributed by atoms with Gasteiger partial charge in [-0.25, -0.2) is 0 Å². The molecule has 0 radical (unpaired) electrons. The van der Waals surface area contributed by atoms with Crippen molar-refractivity contribution in [2.75, 3.05) is 0 Å². The largest absolute Gasteiger partial charge is 0.810 e. The molecule has 1 aromatic carbocycles. The molecule has 0 amide bonds. The maximum atomic E-state index is 10.4. The first kappa shape index (κ1) is 9.46. The summed E-state index contributed by atoms with van der Waals surface area (Å²) in [6, 6.07) is 6.92. The molecule has 0 spiro atoms. The van der Waals surface area contributed by atoms with Crippen molar-refractivity contribution in [1.29, 1.82) is 0 Å². The maximum Gasteiger partial charge on any atom is 0.000231 e. The van der Waals surface area contributed by atoms with Crippen LogP contribution < -0.4 is 9.79 Å². The van der Waals surface area contributed by atoms with Gasteiger partial charge in [-0.1, -0.05) is 37.4 Å². The molecule has 0 heterocycles. The van der Waals surface area contributed by atoms with Crippen LogP contribution in [0.2, 0.25) is 0 Å². The lowest BCUT2D eigenvalue weighted by molar-refractivity contribution is -0.314. The summed E-state index contributed by atoms with van der Waals surface area (Å²) in [5, 5.41) is 0. The van der Waals surface area contributed by atoms with E-state index in [4.69, 9.17) is 0 Å². The summed E-state index contributed by atoms with van der Waals surface area (Å²) in [6.07, 6.45) is -0.394. The zero-order valence-corrected chi connectivity index (χ0v) is 7.58. The molecule has 0 unspecified atom stereocenters. The summed E-state index contributed by atoms with van der Waals surface area (Å²) in [5.41, 5.74) is 1.52. The van der Waals surface area contributed by atoms with Crippen molar-refractivity contribution < 1.29 is 14.4 Å². The van der Waals surface area contributed by atoms with Crippen LogP contribution >= 0.6 is 7.60 Å². The van der Waals surface area contributed by atoms with Crippen molar-refractivity contribution in [1.82, 2.24) is 0 Å². The Morgan fingerprint density at radius 2 is 2.08 bits per heavy atom. The predicted octanol–water partition coefficient (Wildman–Crippen LogP) is 0.409. The monoisotopic (exact) mass is 184 g/mol. The van der Waals surface area contributed by atoms with Gasteiger partial charge in [-0.15, -0.1) is 0 Å². The fourth-order valence-electron chi connectivity index (χ4n) is 1.03. The first-order valence-corrected chi connectivity index (χ1v) is 5.27. The molecular weight excluding hydrogens is 175 g/mol. The zero-order chi connectivity index (χ0) is 9.19. The number of aryl methyl sites for hydroxylation is 1. The van der Waals surface area contributed by atoms with Crippen molar-refractivity contribution >= 4 is 7.60 Å². The molecule has 4 heteroatoms. The minimum Gasteiger partial charge on any atom is -0.810 e. The molecular formula is C8H9O3P-2. The normalized spacial score (nSPS) is 11.6. The molecule has 0 N–H and O–H groups in total. The molecule has 0 saturated carbocycles. The van der Waals surface area contributed by atoms with Gasteiger partial charge in [-0.2, -0.15) is 0 Å². The summed E-state index contributed by atoms with van der Waals surface area (Å²) in [4.78, 5) is 20.8. The lowest BCUT2D eigenvalue weighted by atomic mass is 10.2. The second-order valence-corrected chi connectivity index (χ2v) is 4.30.